The molecule has 1 fully saturated rings. The van der Waals surface area contributed by atoms with E-state index in [1.54, 1.807) is 0 Å². The molecule has 0 aromatic rings. The molecule has 0 aliphatic carbocycles. The van der Waals surface area contributed by atoms with Gasteiger partial charge in [0.2, 0.25) is 0 Å². The summed E-state index contributed by atoms with van der Waals surface area (Å²) in [6.07, 6.45) is 3.36. The third-order valence-corrected chi connectivity index (χ3v) is 3.12. The molecule has 1 N–H and O–H groups in total. The van der Waals surface area contributed by atoms with Crippen LogP contribution in [-0.2, 0) is 0 Å². The fourth-order valence-electron chi connectivity index (χ4n) is 1.80. The molecular formula is C9H18INO. The van der Waals surface area contributed by atoms with Crippen molar-refractivity contribution in [2.75, 3.05) is 24.1 Å². The SMILES string of the molecule is CC1(O)CCCN(CCCI)C1. The van der Waals surface area contributed by atoms with Crippen LogP contribution in [-0.4, -0.2) is 39.7 Å². The van der Waals surface area contributed by atoms with Gasteiger partial charge in [-0.15, -0.1) is 0 Å². The van der Waals surface area contributed by atoms with Gasteiger partial charge in [0.05, 0.1) is 5.60 Å². The molecule has 0 saturated carbocycles. The summed E-state index contributed by atoms with van der Waals surface area (Å²) in [7, 11) is 0. The Morgan fingerprint density at radius 1 is 1.58 bits per heavy atom. The Morgan fingerprint density at radius 2 is 2.33 bits per heavy atom. The standard InChI is InChI=1S/C9H18INO/c1-9(12)4-2-6-11(8-9)7-3-5-10/h12H,2-8H2,1H3. The Kier molecular flexibility index (Phi) is 4.26. The van der Waals surface area contributed by atoms with Crippen LogP contribution in [0.1, 0.15) is 26.2 Å². The van der Waals surface area contributed by atoms with Crippen molar-refractivity contribution < 1.29 is 5.11 Å². The smallest absolute Gasteiger partial charge is 0.0746 e. The van der Waals surface area contributed by atoms with E-state index in [-0.39, 0.29) is 0 Å². The van der Waals surface area contributed by atoms with Gasteiger partial charge in [-0.2, -0.15) is 0 Å². The molecule has 0 radical (unpaired) electrons. The highest BCUT2D eigenvalue weighted by atomic mass is 127. The molecule has 0 spiro atoms. The normalized spacial score (nSPS) is 32.2. The minimum Gasteiger partial charge on any atom is -0.389 e. The molecule has 1 atom stereocenters. The number of β-amino-alcohol motifs (C(OH)–C–C–N with tert-alkyl or cyclic N) is 1. The van der Waals surface area contributed by atoms with Gasteiger partial charge in [0.25, 0.3) is 0 Å². The van der Waals surface area contributed by atoms with Crippen molar-refractivity contribution in [2.24, 2.45) is 0 Å². The summed E-state index contributed by atoms with van der Waals surface area (Å²) < 4.78 is 1.22. The molecule has 3 heteroatoms. The van der Waals surface area contributed by atoms with Crippen LogP contribution in [0.15, 0.2) is 0 Å². The van der Waals surface area contributed by atoms with Crippen molar-refractivity contribution >= 4 is 22.6 Å². The first-order valence-electron chi connectivity index (χ1n) is 4.65. The molecule has 1 unspecified atom stereocenters. The summed E-state index contributed by atoms with van der Waals surface area (Å²) in [6, 6.07) is 0. The topological polar surface area (TPSA) is 23.5 Å². The van der Waals surface area contributed by atoms with Crippen molar-refractivity contribution in [3.05, 3.63) is 0 Å². The second kappa shape index (κ2) is 4.77. The van der Waals surface area contributed by atoms with Crippen LogP contribution in [0.25, 0.3) is 0 Å². The summed E-state index contributed by atoms with van der Waals surface area (Å²) in [4.78, 5) is 2.38. The number of hydrogen-bond donors (Lipinski definition) is 1. The third kappa shape index (κ3) is 3.58. The Hall–Kier alpha value is 0.650. The Balaban J connectivity index is 2.26. The van der Waals surface area contributed by atoms with Gasteiger partial charge in [-0.25, -0.2) is 0 Å². The number of rotatable bonds is 3. The first-order chi connectivity index (χ1) is 5.64. The van der Waals surface area contributed by atoms with E-state index >= 15 is 0 Å². The zero-order valence-corrected chi connectivity index (χ0v) is 9.88. The van der Waals surface area contributed by atoms with E-state index in [1.807, 2.05) is 6.92 Å². The molecule has 72 valence electrons. The van der Waals surface area contributed by atoms with Gasteiger partial charge < -0.3 is 10.0 Å². The van der Waals surface area contributed by atoms with E-state index in [9.17, 15) is 5.11 Å². The van der Waals surface area contributed by atoms with E-state index in [0.717, 1.165) is 25.9 Å². The molecule has 0 bridgehead atoms. The lowest BCUT2D eigenvalue weighted by atomic mass is 9.95. The highest BCUT2D eigenvalue weighted by Crippen LogP contribution is 2.20. The maximum Gasteiger partial charge on any atom is 0.0746 e. The van der Waals surface area contributed by atoms with Crippen molar-refractivity contribution in [1.29, 1.82) is 0 Å². The number of likely N-dealkylation sites (tertiary alicyclic amines) is 1. The van der Waals surface area contributed by atoms with Crippen molar-refractivity contribution in [3.8, 4) is 0 Å². The first-order valence-corrected chi connectivity index (χ1v) is 6.17. The fraction of sp³-hybridized carbons (Fsp3) is 1.00. The van der Waals surface area contributed by atoms with Crippen molar-refractivity contribution in [2.45, 2.75) is 31.8 Å². The van der Waals surface area contributed by atoms with E-state index in [2.05, 4.69) is 27.5 Å². The van der Waals surface area contributed by atoms with E-state index in [1.165, 1.54) is 17.4 Å². The average molecular weight is 283 g/mol. The number of hydrogen-bond acceptors (Lipinski definition) is 2. The average Bonchev–Trinajstić information content (AvgIpc) is 1.99. The van der Waals surface area contributed by atoms with Crippen LogP contribution in [0.2, 0.25) is 0 Å². The quantitative estimate of drug-likeness (QED) is 0.629. The number of halogens is 1. The summed E-state index contributed by atoms with van der Waals surface area (Å²) >= 11 is 2.40. The molecule has 1 rings (SSSR count). The van der Waals surface area contributed by atoms with Crippen LogP contribution in [0.3, 0.4) is 0 Å². The highest BCUT2D eigenvalue weighted by Gasteiger charge is 2.27. The monoisotopic (exact) mass is 283 g/mol. The molecule has 1 saturated heterocycles. The zero-order valence-electron chi connectivity index (χ0n) is 7.72. The first kappa shape index (κ1) is 10.7. The molecule has 2 nitrogen and oxygen atoms in total. The number of alkyl halides is 1. The van der Waals surface area contributed by atoms with Gasteiger partial charge in [0, 0.05) is 11.0 Å². The molecule has 1 heterocycles. The predicted molar refractivity (Wildman–Crippen MR) is 59.8 cm³/mol. The molecule has 1 aliphatic heterocycles. The van der Waals surface area contributed by atoms with Gasteiger partial charge >= 0.3 is 0 Å². The highest BCUT2D eigenvalue weighted by molar-refractivity contribution is 14.1. The van der Waals surface area contributed by atoms with Crippen LogP contribution >= 0.6 is 22.6 Å². The molecular weight excluding hydrogens is 265 g/mol. The largest absolute Gasteiger partial charge is 0.389 e. The van der Waals surface area contributed by atoms with E-state index < -0.39 is 5.60 Å². The lowest BCUT2D eigenvalue weighted by Crippen LogP contribution is -2.46. The van der Waals surface area contributed by atoms with Crippen molar-refractivity contribution in [1.82, 2.24) is 4.90 Å². The second-order valence-corrected chi connectivity index (χ2v) is 5.00. The fourth-order valence-corrected chi connectivity index (χ4v) is 2.14. The maximum atomic E-state index is 9.80. The molecule has 0 aromatic carbocycles. The van der Waals surface area contributed by atoms with Gasteiger partial charge in [0.1, 0.15) is 0 Å². The van der Waals surface area contributed by atoms with Gasteiger partial charge in [-0.1, -0.05) is 22.6 Å². The minimum absolute atomic E-state index is 0.427. The Bertz CT molecular complexity index is 138. The maximum absolute atomic E-state index is 9.80. The number of aliphatic hydroxyl groups is 1. The van der Waals surface area contributed by atoms with Crippen LogP contribution in [0, 0.1) is 0 Å². The summed E-state index contributed by atoms with van der Waals surface area (Å²) in [5, 5.41) is 9.80. The summed E-state index contributed by atoms with van der Waals surface area (Å²) in [5.74, 6) is 0. The van der Waals surface area contributed by atoms with E-state index in [0.29, 0.717) is 0 Å². The number of nitrogens with zero attached hydrogens (tertiary/aromatic N) is 1. The lowest BCUT2D eigenvalue weighted by molar-refractivity contribution is -0.0151. The zero-order chi connectivity index (χ0) is 9.03. The number of piperidine rings is 1. The van der Waals surface area contributed by atoms with Gasteiger partial charge in [-0.3, -0.25) is 0 Å². The van der Waals surface area contributed by atoms with Crippen LogP contribution in [0.4, 0.5) is 0 Å². The molecule has 12 heavy (non-hydrogen) atoms. The Morgan fingerprint density at radius 3 is 2.92 bits per heavy atom. The molecule has 0 aromatic heterocycles. The molecule has 1 aliphatic rings. The summed E-state index contributed by atoms with van der Waals surface area (Å²) in [5.41, 5.74) is -0.427. The summed E-state index contributed by atoms with van der Waals surface area (Å²) in [6.45, 7) is 5.14. The lowest BCUT2D eigenvalue weighted by Gasteiger charge is -2.36. The Labute approximate surface area is 88.5 Å². The predicted octanol–water partition coefficient (Wildman–Crippen LogP) is 1.66. The van der Waals surface area contributed by atoms with Gasteiger partial charge in [0.15, 0.2) is 0 Å². The second-order valence-electron chi connectivity index (χ2n) is 3.92. The van der Waals surface area contributed by atoms with Crippen LogP contribution in [0.5, 0.6) is 0 Å². The van der Waals surface area contributed by atoms with Crippen LogP contribution < -0.4 is 0 Å². The molecule has 0 amide bonds. The van der Waals surface area contributed by atoms with Gasteiger partial charge in [-0.05, 0) is 39.3 Å². The minimum atomic E-state index is -0.427. The van der Waals surface area contributed by atoms with E-state index in [4.69, 9.17) is 0 Å². The van der Waals surface area contributed by atoms with Crippen molar-refractivity contribution in [3.63, 3.8) is 0 Å². The third-order valence-electron chi connectivity index (χ3n) is 2.36.